The number of halogens is 1. The van der Waals surface area contributed by atoms with E-state index < -0.39 is 0 Å². The van der Waals surface area contributed by atoms with Gasteiger partial charge >= 0.3 is 0 Å². The second-order valence-electron chi connectivity index (χ2n) is 4.97. The first kappa shape index (κ1) is 12.4. The molecule has 3 rings (SSSR count). The monoisotopic (exact) mass is 322 g/mol. The summed E-state index contributed by atoms with van der Waals surface area (Å²) in [6, 6.07) is 12.5. The number of aliphatic hydroxyl groups is 1. The molecule has 0 radical (unpaired) electrons. The van der Waals surface area contributed by atoms with Gasteiger partial charge in [0, 0.05) is 26.6 Å². The average molecular weight is 323 g/mol. The molecule has 1 N–H and O–H groups in total. The highest BCUT2D eigenvalue weighted by Crippen LogP contribution is 2.51. The minimum atomic E-state index is -0.273. The van der Waals surface area contributed by atoms with Crippen molar-refractivity contribution in [1.29, 1.82) is 0 Å². The van der Waals surface area contributed by atoms with Crippen molar-refractivity contribution in [3.8, 4) is 0 Å². The quantitative estimate of drug-likeness (QED) is 0.896. The van der Waals surface area contributed by atoms with Gasteiger partial charge in [-0.3, -0.25) is 0 Å². The third-order valence-corrected chi connectivity index (χ3v) is 5.51. The smallest absolute Gasteiger partial charge is 0.0684 e. The van der Waals surface area contributed by atoms with Crippen molar-refractivity contribution in [2.24, 2.45) is 0 Å². The molecular formula is C15H15BrOS. The number of thiophene rings is 1. The van der Waals surface area contributed by atoms with E-state index in [1.165, 1.54) is 10.4 Å². The van der Waals surface area contributed by atoms with E-state index in [9.17, 15) is 5.11 Å². The molecule has 0 saturated heterocycles. The van der Waals surface area contributed by atoms with Crippen molar-refractivity contribution < 1.29 is 5.11 Å². The Morgan fingerprint density at radius 2 is 2.00 bits per heavy atom. The lowest BCUT2D eigenvalue weighted by Crippen LogP contribution is -2.27. The molecule has 1 saturated carbocycles. The standard InChI is InChI=1S/C15H15BrOS/c16-12-8-13(18-10-12)9-14(17)15(6-7-15)11-4-2-1-3-5-11/h1-5,8,10,14,17H,6-7,9H2. The maximum Gasteiger partial charge on any atom is 0.0684 e. The van der Waals surface area contributed by atoms with Crippen LogP contribution in [0.3, 0.4) is 0 Å². The average Bonchev–Trinajstić information content (AvgIpc) is 3.10. The molecule has 1 aliphatic rings. The Balaban J connectivity index is 1.78. The third kappa shape index (κ3) is 2.27. The van der Waals surface area contributed by atoms with Gasteiger partial charge in [0.15, 0.2) is 0 Å². The van der Waals surface area contributed by atoms with E-state index in [2.05, 4.69) is 51.6 Å². The van der Waals surface area contributed by atoms with Gasteiger partial charge in [-0.25, -0.2) is 0 Å². The molecule has 1 aromatic heterocycles. The molecule has 0 aliphatic heterocycles. The molecule has 0 spiro atoms. The maximum atomic E-state index is 10.5. The molecule has 1 aliphatic carbocycles. The topological polar surface area (TPSA) is 20.2 Å². The number of benzene rings is 1. The van der Waals surface area contributed by atoms with Gasteiger partial charge < -0.3 is 5.11 Å². The van der Waals surface area contributed by atoms with Crippen molar-refractivity contribution in [2.75, 3.05) is 0 Å². The van der Waals surface area contributed by atoms with Gasteiger partial charge in [0.05, 0.1) is 6.10 Å². The van der Waals surface area contributed by atoms with Gasteiger partial charge in [0.25, 0.3) is 0 Å². The predicted octanol–water partition coefficient (Wildman–Crippen LogP) is 4.15. The summed E-state index contributed by atoms with van der Waals surface area (Å²) in [4.78, 5) is 1.25. The maximum absolute atomic E-state index is 10.5. The highest BCUT2D eigenvalue weighted by Gasteiger charge is 2.49. The lowest BCUT2D eigenvalue weighted by atomic mass is 9.88. The van der Waals surface area contributed by atoms with Crippen LogP contribution in [0.2, 0.25) is 0 Å². The Labute approximate surface area is 120 Å². The minimum Gasteiger partial charge on any atom is -0.392 e. The van der Waals surface area contributed by atoms with Crippen LogP contribution in [0.1, 0.15) is 23.3 Å². The van der Waals surface area contributed by atoms with Crippen molar-refractivity contribution >= 4 is 27.3 Å². The summed E-state index contributed by atoms with van der Waals surface area (Å²) >= 11 is 5.17. The van der Waals surface area contributed by atoms with Crippen molar-refractivity contribution in [2.45, 2.75) is 30.8 Å². The summed E-state index contributed by atoms with van der Waals surface area (Å²) in [5.41, 5.74) is 1.30. The number of hydrogen-bond donors (Lipinski definition) is 1. The van der Waals surface area contributed by atoms with Crippen LogP contribution in [0.5, 0.6) is 0 Å². The zero-order valence-electron chi connectivity index (χ0n) is 9.97. The molecule has 0 bridgehead atoms. The normalized spacial score (nSPS) is 18.6. The van der Waals surface area contributed by atoms with Crippen LogP contribution in [-0.4, -0.2) is 11.2 Å². The van der Waals surface area contributed by atoms with Crippen molar-refractivity contribution in [1.82, 2.24) is 0 Å². The largest absolute Gasteiger partial charge is 0.392 e. The van der Waals surface area contributed by atoms with Gasteiger partial charge in [-0.15, -0.1) is 11.3 Å². The molecule has 1 nitrogen and oxygen atoms in total. The molecule has 94 valence electrons. The zero-order chi connectivity index (χ0) is 12.6. The van der Waals surface area contributed by atoms with Crippen molar-refractivity contribution in [3.05, 3.63) is 56.7 Å². The molecule has 2 aromatic rings. The summed E-state index contributed by atoms with van der Waals surface area (Å²) in [7, 11) is 0. The second-order valence-corrected chi connectivity index (χ2v) is 6.88. The summed E-state index contributed by atoms with van der Waals surface area (Å²) in [5.74, 6) is 0. The van der Waals surface area contributed by atoms with Crippen molar-refractivity contribution in [3.63, 3.8) is 0 Å². The number of aliphatic hydroxyl groups excluding tert-OH is 1. The Hall–Kier alpha value is -0.640. The number of hydrogen-bond acceptors (Lipinski definition) is 2. The van der Waals surface area contributed by atoms with Gasteiger partial charge in [-0.1, -0.05) is 30.3 Å². The molecule has 1 unspecified atom stereocenters. The van der Waals surface area contributed by atoms with Crippen LogP contribution in [-0.2, 0) is 11.8 Å². The fraction of sp³-hybridized carbons (Fsp3) is 0.333. The van der Waals surface area contributed by atoms with E-state index >= 15 is 0 Å². The zero-order valence-corrected chi connectivity index (χ0v) is 12.4. The van der Waals surface area contributed by atoms with Gasteiger partial charge in [0.2, 0.25) is 0 Å². The summed E-state index contributed by atoms with van der Waals surface area (Å²) in [5, 5.41) is 12.6. The molecule has 1 atom stereocenters. The fourth-order valence-corrected chi connectivity index (χ4v) is 4.06. The van der Waals surface area contributed by atoms with Gasteiger partial charge in [0.1, 0.15) is 0 Å². The van der Waals surface area contributed by atoms with Crippen LogP contribution in [0.4, 0.5) is 0 Å². The van der Waals surface area contributed by atoms with Crippen LogP contribution in [0.25, 0.3) is 0 Å². The molecule has 1 aromatic carbocycles. The SMILES string of the molecule is OC(Cc1cc(Br)cs1)C1(c2ccccc2)CC1. The Bertz CT molecular complexity index is 530. The van der Waals surface area contributed by atoms with E-state index in [0.29, 0.717) is 0 Å². The molecule has 1 fully saturated rings. The molecule has 0 amide bonds. The summed E-state index contributed by atoms with van der Waals surface area (Å²) < 4.78 is 1.11. The molecule has 18 heavy (non-hydrogen) atoms. The van der Waals surface area contributed by atoms with Gasteiger partial charge in [-0.05, 0) is 40.4 Å². The van der Waals surface area contributed by atoms with Crippen LogP contribution in [0.15, 0.2) is 46.3 Å². The number of rotatable bonds is 4. The minimum absolute atomic E-state index is 0.0116. The first-order valence-electron chi connectivity index (χ1n) is 6.17. The predicted molar refractivity (Wildman–Crippen MR) is 79.1 cm³/mol. The van der Waals surface area contributed by atoms with Crippen LogP contribution < -0.4 is 0 Å². The van der Waals surface area contributed by atoms with Crippen LogP contribution >= 0.6 is 27.3 Å². The Morgan fingerprint density at radius 3 is 2.56 bits per heavy atom. The summed E-state index contributed by atoms with van der Waals surface area (Å²) in [6.45, 7) is 0. The van der Waals surface area contributed by atoms with Gasteiger partial charge in [-0.2, -0.15) is 0 Å². The Morgan fingerprint density at radius 1 is 1.28 bits per heavy atom. The lowest BCUT2D eigenvalue weighted by Gasteiger charge is -2.22. The highest BCUT2D eigenvalue weighted by molar-refractivity contribution is 9.10. The molecule has 1 heterocycles. The highest BCUT2D eigenvalue weighted by atomic mass is 79.9. The summed E-state index contributed by atoms with van der Waals surface area (Å²) in [6.07, 6.45) is 2.69. The van der Waals surface area contributed by atoms with E-state index in [1.54, 1.807) is 11.3 Å². The lowest BCUT2D eigenvalue weighted by molar-refractivity contribution is 0.132. The van der Waals surface area contributed by atoms with Crippen LogP contribution in [0, 0.1) is 0 Å². The Kier molecular flexibility index (Phi) is 3.31. The van der Waals surface area contributed by atoms with E-state index in [-0.39, 0.29) is 11.5 Å². The molecular weight excluding hydrogens is 308 g/mol. The fourth-order valence-electron chi connectivity index (χ4n) is 2.57. The van der Waals surface area contributed by atoms with E-state index in [1.807, 2.05) is 6.07 Å². The molecule has 3 heteroatoms. The van der Waals surface area contributed by atoms with E-state index in [0.717, 1.165) is 23.7 Å². The van der Waals surface area contributed by atoms with E-state index in [4.69, 9.17) is 0 Å². The second kappa shape index (κ2) is 4.80. The first-order valence-corrected chi connectivity index (χ1v) is 7.84. The first-order chi connectivity index (χ1) is 8.71. The third-order valence-electron chi connectivity index (χ3n) is 3.79.